The highest BCUT2D eigenvalue weighted by Crippen LogP contribution is 2.30. The zero-order valence-electron chi connectivity index (χ0n) is 15.5. The Labute approximate surface area is 163 Å². The van der Waals surface area contributed by atoms with Crippen molar-refractivity contribution in [3.05, 3.63) is 40.0 Å². The third-order valence-electron chi connectivity index (χ3n) is 5.72. The first kappa shape index (κ1) is 18.4. The lowest BCUT2D eigenvalue weighted by atomic mass is 9.83. The van der Waals surface area contributed by atoms with Gasteiger partial charge < -0.3 is 10.2 Å². The van der Waals surface area contributed by atoms with Crippen molar-refractivity contribution in [1.29, 1.82) is 0 Å². The van der Waals surface area contributed by atoms with Crippen molar-refractivity contribution >= 4 is 17.2 Å². The second-order valence-electron chi connectivity index (χ2n) is 7.50. The van der Waals surface area contributed by atoms with E-state index < -0.39 is 0 Å². The van der Waals surface area contributed by atoms with Gasteiger partial charge in [0, 0.05) is 18.7 Å². The number of hydrogen-bond acceptors (Lipinski definition) is 5. The highest BCUT2D eigenvalue weighted by Gasteiger charge is 2.32. The lowest BCUT2D eigenvalue weighted by molar-refractivity contribution is -0.122. The summed E-state index contributed by atoms with van der Waals surface area (Å²) >= 11 is 1.57. The van der Waals surface area contributed by atoms with Gasteiger partial charge in [-0.1, -0.05) is 12.5 Å². The summed E-state index contributed by atoms with van der Waals surface area (Å²) in [6.07, 6.45) is 6.21. The van der Waals surface area contributed by atoms with E-state index in [4.69, 9.17) is 0 Å². The summed E-state index contributed by atoms with van der Waals surface area (Å²) in [6, 6.07) is 7.71. The molecule has 0 aromatic carbocycles. The Balaban J connectivity index is 1.37. The largest absolute Gasteiger partial charge is 0.354 e. The van der Waals surface area contributed by atoms with E-state index >= 15 is 0 Å². The molecule has 0 unspecified atom stereocenters. The van der Waals surface area contributed by atoms with Crippen LogP contribution in [0.15, 0.2) is 34.4 Å². The average molecular weight is 387 g/mol. The molecule has 2 aromatic heterocycles. The number of rotatable bonds is 5. The molecule has 6 nitrogen and oxygen atoms in total. The lowest BCUT2D eigenvalue weighted by Crippen LogP contribution is -2.51. The van der Waals surface area contributed by atoms with Gasteiger partial charge in [-0.25, -0.2) is 4.68 Å². The van der Waals surface area contributed by atoms with Crippen molar-refractivity contribution in [2.45, 2.75) is 44.7 Å². The van der Waals surface area contributed by atoms with Gasteiger partial charge in [-0.2, -0.15) is 5.10 Å². The van der Waals surface area contributed by atoms with E-state index in [1.54, 1.807) is 17.4 Å². The summed E-state index contributed by atoms with van der Waals surface area (Å²) in [5, 5.41) is 9.38. The minimum Gasteiger partial charge on any atom is -0.354 e. The molecule has 0 spiro atoms. The third kappa shape index (κ3) is 4.30. The second kappa shape index (κ2) is 8.35. The highest BCUT2D eigenvalue weighted by atomic mass is 32.1. The van der Waals surface area contributed by atoms with Crippen LogP contribution >= 0.6 is 11.3 Å². The Morgan fingerprint density at radius 2 is 2.07 bits per heavy atom. The molecule has 0 saturated carbocycles. The maximum Gasteiger partial charge on any atom is 0.267 e. The van der Waals surface area contributed by atoms with Crippen molar-refractivity contribution in [2.75, 3.05) is 19.6 Å². The van der Waals surface area contributed by atoms with Crippen LogP contribution in [0.4, 0.5) is 0 Å². The van der Waals surface area contributed by atoms with Crippen molar-refractivity contribution in [2.24, 2.45) is 5.92 Å². The number of fused-ring (bicyclic) bond motifs is 1. The number of nitrogens with zero attached hydrogens (tertiary/aromatic N) is 3. The summed E-state index contributed by atoms with van der Waals surface area (Å²) < 4.78 is 1.26. The van der Waals surface area contributed by atoms with Gasteiger partial charge in [0.15, 0.2) is 0 Å². The number of piperidine rings is 2. The molecule has 0 radical (unpaired) electrons. The Hall–Kier alpha value is -1.99. The van der Waals surface area contributed by atoms with Crippen LogP contribution in [0.1, 0.15) is 32.1 Å². The van der Waals surface area contributed by atoms with Crippen LogP contribution in [-0.4, -0.2) is 46.3 Å². The van der Waals surface area contributed by atoms with Gasteiger partial charge in [0.25, 0.3) is 5.56 Å². The van der Waals surface area contributed by atoms with Crippen molar-refractivity contribution in [3.63, 3.8) is 0 Å². The molecule has 1 amide bonds. The molecule has 2 saturated heterocycles. The first-order chi connectivity index (χ1) is 13.2. The molecule has 7 heteroatoms. The number of amides is 1. The van der Waals surface area contributed by atoms with Crippen molar-refractivity contribution in [1.82, 2.24) is 20.0 Å². The Morgan fingerprint density at radius 3 is 2.93 bits per heavy atom. The fraction of sp³-hybridized carbons (Fsp3) is 0.550. The van der Waals surface area contributed by atoms with Crippen molar-refractivity contribution in [3.8, 4) is 10.6 Å². The molecular formula is C20H26N4O2S. The average Bonchev–Trinajstić information content (AvgIpc) is 3.23. The number of nitrogens with one attached hydrogen (secondary N) is 1. The second-order valence-corrected chi connectivity index (χ2v) is 8.44. The van der Waals surface area contributed by atoms with Gasteiger partial charge in [-0.05, 0) is 62.2 Å². The fourth-order valence-electron chi connectivity index (χ4n) is 4.37. The van der Waals surface area contributed by atoms with Gasteiger partial charge in [0.05, 0.1) is 4.88 Å². The van der Waals surface area contributed by atoms with Crippen LogP contribution in [0.5, 0.6) is 0 Å². The molecule has 144 valence electrons. The molecule has 2 aliphatic rings. The Bertz CT molecular complexity index is 831. The first-order valence-electron chi connectivity index (χ1n) is 9.83. The summed E-state index contributed by atoms with van der Waals surface area (Å²) in [6.45, 7) is 3.06. The summed E-state index contributed by atoms with van der Waals surface area (Å²) in [7, 11) is 0. The van der Waals surface area contributed by atoms with Crippen LogP contribution in [0.25, 0.3) is 10.6 Å². The minimum absolute atomic E-state index is 0.0286. The minimum atomic E-state index is -0.249. The smallest absolute Gasteiger partial charge is 0.267 e. The van der Waals surface area contributed by atoms with Gasteiger partial charge in [-0.3, -0.25) is 9.59 Å². The summed E-state index contributed by atoms with van der Waals surface area (Å²) in [5.41, 5.74) is 0.476. The van der Waals surface area contributed by atoms with Crippen LogP contribution in [0.3, 0.4) is 0 Å². The maximum atomic E-state index is 12.4. The predicted octanol–water partition coefficient (Wildman–Crippen LogP) is 2.35. The molecule has 1 N–H and O–H groups in total. The number of thiophene rings is 1. The highest BCUT2D eigenvalue weighted by molar-refractivity contribution is 7.13. The molecule has 0 aliphatic carbocycles. The van der Waals surface area contributed by atoms with E-state index in [1.165, 1.54) is 55.9 Å². The molecule has 0 bridgehead atoms. The van der Waals surface area contributed by atoms with Gasteiger partial charge in [0.2, 0.25) is 5.91 Å². The molecule has 4 rings (SSSR count). The number of hydrogen-bond donors (Lipinski definition) is 1. The Morgan fingerprint density at radius 1 is 1.19 bits per heavy atom. The van der Waals surface area contributed by atoms with Crippen LogP contribution in [0.2, 0.25) is 0 Å². The standard InChI is InChI=1S/C20H26N4O2S/c25-19(21-13-15-5-3-11-23-10-2-1-6-17(15)23)14-24-20(26)9-8-16(22-24)18-7-4-12-27-18/h4,7-9,12,15,17H,1-3,5-6,10-11,13-14H2,(H,21,25)/t15-,17+/m0/s1. The van der Waals surface area contributed by atoms with E-state index in [0.717, 1.165) is 10.6 Å². The molecule has 2 fully saturated rings. The van der Waals surface area contributed by atoms with E-state index in [2.05, 4.69) is 15.3 Å². The van der Waals surface area contributed by atoms with Gasteiger partial charge >= 0.3 is 0 Å². The van der Waals surface area contributed by atoms with Crippen LogP contribution < -0.4 is 10.9 Å². The van der Waals surface area contributed by atoms with Gasteiger partial charge in [0.1, 0.15) is 12.2 Å². The van der Waals surface area contributed by atoms with Crippen LogP contribution in [0, 0.1) is 5.92 Å². The zero-order chi connectivity index (χ0) is 18.6. The molecule has 2 aromatic rings. The molecule has 2 aliphatic heterocycles. The molecular weight excluding hydrogens is 360 g/mol. The molecule has 27 heavy (non-hydrogen) atoms. The number of aromatic nitrogens is 2. The van der Waals surface area contributed by atoms with E-state index in [9.17, 15) is 9.59 Å². The first-order valence-corrected chi connectivity index (χ1v) is 10.7. The number of carbonyl (C=O) groups is 1. The zero-order valence-corrected chi connectivity index (χ0v) is 16.3. The summed E-state index contributed by atoms with van der Waals surface area (Å²) in [5.74, 6) is 0.381. The topological polar surface area (TPSA) is 67.2 Å². The monoisotopic (exact) mass is 386 g/mol. The molecule has 2 atom stereocenters. The number of carbonyl (C=O) groups excluding carboxylic acids is 1. The van der Waals surface area contributed by atoms with Gasteiger partial charge in [-0.15, -0.1) is 11.3 Å². The third-order valence-corrected chi connectivity index (χ3v) is 6.62. The normalized spacial score (nSPS) is 23.0. The van der Waals surface area contributed by atoms with E-state index in [0.29, 0.717) is 18.5 Å². The fourth-order valence-corrected chi connectivity index (χ4v) is 5.06. The van der Waals surface area contributed by atoms with E-state index in [1.807, 2.05) is 17.5 Å². The van der Waals surface area contributed by atoms with E-state index in [-0.39, 0.29) is 18.0 Å². The lowest BCUT2D eigenvalue weighted by Gasteiger charge is -2.44. The maximum absolute atomic E-state index is 12.4. The SMILES string of the molecule is O=C(Cn1nc(-c2cccs2)ccc1=O)NC[C@@H]1CCCN2CCCC[C@H]12. The van der Waals surface area contributed by atoms with Crippen LogP contribution in [-0.2, 0) is 11.3 Å². The van der Waals surface area contributed by atoms with Crippen molar-refractivity contribution < 1.29 is 4.79 Å². The molecule has 4 heterocycles. The quantitative estimate of drug-likeness (QED) is 0.857. The summed E-state index contributed by atoms with van der Waals surface area (Å²) in [4.78, 5) is 28.1. The Kier molecular flexibility index (Phi) is 5.69. The predicted molar refractivity (Wildman–Crippen MR) is 107 cm³/mol.